The third-order valence-corrected chi connectivity index (χ3v) is 5.59. The molecule has 1 amide bonds. The van der Waals surface area contributed by atoms with Gasteiger partial charge in [-0.1, -0.05) is 43.2 Å². The molecule has 1 heterocycles. The Morgan fingerprint density at radius 3 is 2.44 bits per heavy atom. The first kappa shape index (κ1) is 16.4. The van der Waals surface area contributed by atoms with Crippen molar-refractivity contribution in [1.29, 1.82) is 0 Å². The summed E-state index contributed by atoms with van der Waals surface area (Å²) in [5.41, 5.74) is 0. The van der Waals surface area contributed by atoms with Gasteiger partial charge >= 0.3 is 0 Å². The SMILES string of the molecule is O=C(COc1ccc2ccccc2c1)N1CCN(C2CCCC2)CC1. The lowest BCUT2D eigenvalue weighted by Gasteiger charge is -2.38. The summed E-state index contributed by atoms with van der Waals surface area (Å²) in [6.45, 7) is 3.80. The number of rotatable bonds is 4. The first-order chi connectivity index (χ1) is 12.3. The van der Waals surface area contributed by atoms with Gasteiger partial charge < -0.3 is 9.64 Å². The van der Waals surface area contributed by atoms with E-state index in [1.54, 1.807) is 0 Å². The molecule has 2 aliphatic rings. The molecule has 1 saturated carbocycles. The van der Waals surface area contributed by atoms with E-state index in [2.05, 4.69) is 17.0 Å². The standard InChI is InChI=1S/C21H26N2O2/c24-21(23-13-11-22(12-14-23)19-7-3-4-8-19)16-25-20-10-9-17-5-1-2-6-18(17)15-20/h1-2,5-6,9-10,15,19H,3-4,7-8,11-14,16H2. The van der Waals surface area contributed by atoms with Crippen molar-refractivity contribution in [2.24, 2.45) is 0 Å². The molecule has 0 spiro atoms. The second-order valence-corrected chi connectivity index (χ2v) is 7.15. The van der Waals surface area contributed by atoms with Gasteiger partial charge in [-0.05, 0) is 35.7 Å². The van der Waals surface area contributed by atoms with Crippen LogP contribution in [0.1, 0.15) is 25.7 Å². The number of benzene rings is 2. The van der Waals surface area contributed by atoms with Crippen molar-refractivity contribution in [2.75, 3.05) is 32.8 Å². The number of piperazine rings is 1. The van der Waals surface area contributed by atoms with Crippen molar-refractivity contribution in [3.05, 3.63) is 42.5 Å². The van der Waals surface area contributed by atoms with E-state index >= 15 is 0 Å². The number of amides is 1. The minimum absolute atomic E-state index is 0.0965. The number of fused-ring (bicyclic) bond motifs is 1. The van der Waals surface area contributed by atoms with E-state index in [1.807, 2.05) is 35.2 Å². The Labute approximate surface area is 149 Å². The molecule has 132 valence electrons. The average molecular weight is 338 g/mol. The highest BCUT2D eigenvalue weighted by Gasteiger charge is 2.27. The van der Waals surface area contributed by atoms with Gasteiger partial charge in [0.1, 0.15) is 5.75 Å². The molecule has 1 saturated heterocycles. The number of ether oxygens (including phenoxy) is 1. The van der Waals surface area contributed by atoms with Crippen LogP contribution in [0.5, 0.6) is 5.75 Å². The van der Waals surface area contributed by atoms with Gasteiger partial charge in [0.05, 0.1) is 0 Å². The fourth-order valence-electron chi connectivity index (χ4n) is 4.10. The highest BCUT2D eigenvalue weighted by atomic mass is 16.5. The van der Waals surface area contributed by atoms with Gasteiger partial charge in [-0.25, -0.2) is 0 Å². The summed E-state index contributed by atoms with van der Waals surface area (Å²) in [5.74, 6) is 0.857. The summed E-state index contributed by atoms with van der Waals surface area (Å²) in [4.78, 5) is 17.0. The maximum absolute atomic E-state index is 12.4. The Balaban J connectivity index is 1.28. The molecule has 0 radical (unpaired) electrons. The highest BCUT2D eigenvalue weighted by Crippen LogP contribution is 2.24. The van der Waals surface area contributed by atoms with E-state index in [0.717, 1.165) is 43.4 Å². The molecule has 2 fully saturated rings. The van der Waals surface area contributed by atoms with Gasteiger partial charge in [0.15, 0.2) is 6.61 Å². The topological polar surface area (TPSA) is 32.8 Å². The van der Waals surface area contributed by atoms with E-state index in [9.17, 15) is 4.79 Å². The smallest absolute Gasteiger partial charge is 0.260 e. The summed E-state index contributed by atoms with van der Waals surface area (Å²) < 4.78 is 5.75. The van der Waals surface area contributed by atoms with Crippen LogP contribution in [0.4, 0.5) is 0 Å². The molecule has 2 aromatic rings. The van der Waals surface area contributed by atoms with E-state index in [4.69, 9.17) is 4.74 Å². The Kier molecular flexibility index (Phi) is 4.88. The molecule has 4 heteroatoms. The van der Waals surface area contributed by atoms with Gasteiger partial charge in [-0.2, -0.15) is 0 Å². The predicted molar refractivity (Wildman–Crippen MR) is 99.9 cm³/mol. The molecule has 4 nitrogen and oxygen atoms in total. The van der Waals surface area contributed by atoms with Crippen LogP contribution in [0.15, 0.2) is 42.5 Å². The van der Waals surface area contributed by atoms with Crippen LogP contribution < -0.4 is 4.74 Å². The van der Waals surface area contributed by atoms with Crippen LogP contribution in [-0.4, -0.2) is 54.5 Å². The van der Waals surface area contributed by atoms with Crippen LogP contribution in [0.3, 0.4) is 0 Å². The second kappa shape index (κ2) is 7.44. The maximum Gasteiger partial charge on any atom is 0.260 e. The third kappa shape index (κ3) is 3.79. The van der Waals surface area contributed by atoms with Crippen LogP contribution in [0.25, 0.3) is 10.8 Å². The molecule has 0 unspecified atom stereocenters. The van der Waals surface area contributed by atoms with Gasteiger partial charge in [0.25, 0.3) is 5.91 Å². The quantitative estimate of drug-likeness (QED) is 0.857. The molecular weight excluding hydrogens is 312 g/mol. The lowest BCUT2D eigenvalue weighted by molar-refractivity contribution is -0.135. The van der Waals surface area contributed by atoms with E-state index < -0.39 is 0 Å². The molecule has 0 atom stereocenters. The molecule has 0 N–H and O–H groups in total. The fourth-order valence-corrected chi connectivity index (χ4v) is 4.10. The summed E-state index contributed by atoms with van der Waals surface area (Å²) in [6, 6.07) is 14.9. The molecule has 0 bridgehead atoms. The molecular formula is C21H26N2O2. The monoisotopic (exact) mass is 338 g/mol. The lowest BCUT2D eigenvalue weighted by Crippen LogP contribution is -2.52. The van der Waals surface area contributed by atoms with Crippen LogP contribution >= 0.6 is 0 Å². The minimum atomic E-state index is 0.0965. The maximum atomic E-state index is 12.4. The molecule has 1 aliphatic carbocycles. The van der Waals surface area contributed by atoms with E-state index in [-0.39, 0.29) is 12.5 Å². The Bertz CT molecular complexity index is 732. The minimum Gasteiger partial charge on any atom is -0.484 e. The Hall–Kier alpha value is -2.07. The summed E-state index contributed by atoms with van der Waals surface area (Å²) in [5, 5.41) is 2.32. The molecule has 2 aromatic carbocycles. The van der Waals surface area contributed by atoms with Gasteiger partial charge in [-0.3, -0.25) is 9.69 Å². The van der Waals surface area contributed by atoms with Crippen molar-refractivity contribution >= 4 is 16.7 Å². The molecule has 4 rings (SSSR count). The van der Waals surface area contributed by atoms with Gasteiger partial charge in [0, 0.05) is 32.2 Å². The zero-order valence-corrected chi connectivity index (χ0v) is 14.7. The summed E-state index contributed by atoms with van der Waals surface area (Å²) in [6.07, 6.45) is 5.39. The number of hydrogen-bond donors (Lipinski definition) is 0. The third-order valence-electron chi connectivity index (χ3n) is 5.59. The van der Waals surface area contributed by atoms with Crippen molar-refractivity contribution in [3.8, 4) is 5.75 Å². The van der Waals surface area contributed by atoms with Gasteiger partial charge in [0.2, 0.25) is 0 Å². The van der Waals surface area contributed by atoms with Crippen molar-refractivity contribution < 1.29 is 9.53 Å². The summed E-state index contributed by atoms with van der Waals surface area (Å²) >= 11 is 0. The average Bonchev–Trinajstić information content (AvgIpc) is 3.21. The normalized spacial score (nSPS) is 19.4. The van der Waals surface area contributed by atoms with Crippen LogP contribution in [0.2, 0.25) is 0 Å². The lowest BCUT2D eigenvalue weighted by atomic mass is 10.1. The zero-order chi connectivity index (χ0) is 17.1. The molecule has 1 aliphatic heterocycles. The summed E-state index contributed by atoms with van der Waals surface area (Å²) in [7, 11) is 0. The second-order valence-electron chi connectivity index (χ2n) is 7.15. The number of carbonyl (C=O) groups is 1. The number of hydrogen-bond acceptors (Lipinski definition) is 3. The molecule has 25 heavy (non-hydrogen) atoms. The fraction of sp³-hybridized carbons (Fsp3) is 0.476. The Morgan fingerprint density at radius 2 is 1.68 bits per heavy atom. The van der Waals surface area contributed by atoms with E-state index in [1.165, 1.54) is 31.1 Å². The van der Waals surface area contributed by atoms with Crippen molar-refractivity contribution in [3.63, 3.8) is 0 Å². The molecule has 0 aromatic heterocycles. The van der Waals surface area contributed by atoms with Crippen molar-refractivity contribution in [1.82, 2.24) is 9.80 Å². The number of nitrogens with zero attached hydrogens (tertiary/aromatic N) is 2. The first-order valence-corrected chi connectivity index (χ1v) is 9.43. The Morgan fingerprint density at radius 1 is 0.960 bits per heavy atom. The van der Waals surface area contributed by atoms with Crippen molar-refractivity contribution in [2.45, 2.75) is 31.7 Å². The zero-order valence-electron chi connectivity index (χ0n) is 14.7. The van der Waals surface area contributed by atoms with Crippen LogP contribution in [-0.2, 0) is 4.79 Å². The predicted octanol–water partition coefficient (Wildman–Crippen LogP) is 3.31. The largest absolute Gasteiger partial charge is 0.484 e. The number of carbonyl (C=O) groups excluding carboxylic acids is 1. The van der Waals surface area contributed by atoms with Crippen LogP contribution in [0, 0.1) is 0 Å². The first-order valence-electron chi connectivity index (χ1n) is 9.43. The van der Waals surface area contributed by atoms with Gasteiger partial charge in [-0.15, -0.1) is 0 Å². The highest BCUT2D eigenvalue weighted by molar-refractivity contribution is 5.84. The van der Waals surface area contributed by atoms with E-state index in [0.29, 0.717) is 0 Å².